The second-order valence-corrected chi connectivity index (χ2v) is 8.98. The third-order valence-corrected chi connectivity index (χ3v) is 6.66. The Labute approximate surface area is 190 Å². The van der Waals surface area contributed by atoms with Gasteiger partial charge < -0.3 is 9.32 Å². The zero-order valence-corrected chi connectivity index (χ0v) is 18.9. The van der Waals surface area contributed by atoms with Crippen molar-refractivity contribution < 1.29 is 9.21 Å². The molecule has 3 heterocycles. The maximum absolute atomic E-state index is 13.7. The maximum Gasteiger partial charge on any atom is 0.291 e. The molecular weight excluding hydrogens is 420 g/mol. The first-order chi connectivity index (χ1) is 15.5. The summed E-state index contributed by atoms with van der Waals surface area (Å²) in [5.41, 5.74) is 4.35. The molecule has 4 aromatic rings. The van der Waals surface area contributed by atoms with Crippen LogP contribution in [0, 0.1) is 13.8 Å². The molecule has 0 fully saturated rings. The molecule has 1 amide bonds. The van der Waals surface area contributed by atoms with Crippen molar-refractivity contribution in [2.75, 3.05) is 6.26 Å². The summed E-state index contributed by atoms with van der Waals surface area (Å²) < 4.78 is 6.11. The van der Waals surface area contributed by atoms with Gasteiger partial charge in [-0.05, 0) is 66.6 Å². The zero-order valence-electron chi connectivity index (χ0n) is 18.1. The molecule has 1 aliphatic heterocycles. The van der Waals surface area contributed by atoms with Crippen molar-refractivity contribution in [3.05, 3.63) is 105 Å². The minimum atomic E-state index is -0.519. The molecule has 0 N–H and O–H groups in total. The topological polar surface area (TPSA) is 63.4 Å². The van der Waals surface area contributed by atoms with Crippen molar-refractivity contribution in [1.82, 2.24) is 9.88 Å². The van der Waals surface area contributed by atoms with Gasteiger partial charge in [-0.1, -0.05) is 24.3 Å². The molecule has 160 valence electrons. The number of aromatic nitrogens is 1. The Bertz CT molecular complexity index is 1400. The summed E-state index contributed by atoms with van der Waals surface area (Å²) in [4.78, 5) is 34.3. The number of fused-ring (bicyclic) bond motifs is 2. The zero-order chi connectivity index (χ0) is 22.4. The predicted molar refractivity (Wildman–Crippen MR) is 126 cm³/mol. The maximum atomic E-state index is 13.7. The lowest BCUT2D eigenvalue weighted by Crippen LogP contribution is -2.29. The van der Waals surface area contributed by atoms with Crippen LogP contribution in [0.4, 0.5) is 0 Å². The molecule has 2 aromatic heterocycles. The first-order valence-corrected chi connectivity index (χ1v) is 11.6. The average molecular weight is 443 g/mol. The van der Waals surface area contributed by atoms with Crippen molar-refractivity contribution in [1.29, 1.82) is 0 Å². The number of amides is 1. The SMILES string of the molecule is CSc1ccc(C2c3c(oc4cc(C)cc(C)c4c3=O)C(=O)N2Cc2cccnc2)cc1. The summed E-state index contributed by atoms with van der Waals surface area (Å²) in [6.07, 6.45) is 5.46. The molecule has 1 atom stereocenters. The van der Waals surface area contributed by atoms with E-state index in [0.29, 0.717) is 23.1 Å². The van der Waals surface area contributed by atoms with E-state index in [4.69, 9.17) is 4.42 Å². The number of benzene rings is 2. The predicted octanol–water partition coefficient (Wildman–Crippen LogP) is 5.27. The van der Waals surface area contributed by atoms with Crippen molar-refractivity contribution in [2.45, 2.75) is 31.3 Å². The fourth-order valence-electron chi connectivity index (χ4n) is 4.50. The highest BCUT2D eigenvalue weighted by atomic mass is 32.2. The van der Waals surface area contributed by atoms with Gasteiger partial charge >= 0.3 is 0 Å². The van der Waals surface area contributed by atoms with Crippen molar-refractivity contribution in [3.63, 3.8) is 0 Å². The first-order valence-electron chi connectivity index (χ1n) is 10.4. The van der Waals surface area contributed by atoms with Gasteiger partial charge in [0.05, 0.1) is 17.0 Å². The van der Waals surface area contributed by atoms with Gasteiger partial charge in [0.2, 0.25) is 5.76 Å². The third kappa shape index (κ3) is 3.31. The van der Waals surface area contributed by atoms with Crippen LogP contribution in [-0.2, 0) is 6.54 Å². The number of rotatable bonds is 4. The van der Waals surface area contributed by atoms with Crippen LogP contribution < -0.4 is 5.43 Å². The summed E-state index contributed by atoms with van der Waals surface area (Å²) in [5, 5.41) is 0.538. The third-order valence-electron chi connectivity index (χ3n) is 5.92. The van der Waals surface area contributed by atoms with Crippen LogP contribution in [-0.4, -0.2) is 22.0 Å². The van der Waals surface area contributed by atoms with Crippen LogP contribution in [0.3, 0.4) is 0 Å². The monoisotopic (exact) mass is 442 g/mol. The largest absolute Gasteiger partial charge is 0.450 e. The second kappa shape index (κ2) is 7.95. The van der Waals surface area contributed by atoms with Crippen molar-refractivity contribution in [3.8, 4) is 0 Å². The summed E-state index contributed by atoms with van der Waals surface area (Å²) in [6.45, 7) is 4.19. The summed E-state index contributed by atoms with van der Waals surface area (Å²) in [6, 6.07) is 15.0. The molecule has 0 saturated carbocycles. The molecule has 1 aliphatic rings. The normalized spacial score (nSPS) is 15.4. The molecule has 2 aromatic carbocycles. The summed E-state index contributed by atoms with van der Waals surface area (Å²) in [5.74, 6) is -0.142. The number of nitrogens with zero attached hydrogens (tertiary/aromatic N) is 2. The van der Waals surface area contributed by atoms with E-state index in [1.54, 1.807) is 29.1 Å². The van der Waals surface area contributed by atoms with Gasteiger partial charge in [0.25, 0.3) is 5.91 Å². The van der Waals surface area contributed by atoms with E-state index in [-0.39, 0.29) is 17.1 Å². The van der Waals surface area contributed by atoms with E-state index in [2.05, 4.69) is 4.98 Å². The fraction of sp³-hybridized carbons (Fsp3) is 0.192. The van der Waals surface area contributed by atoms with Crippen molar-refractivity contribution in [2.24, 2.45) is 0 Å². The van der Waals surface area contributed by atoms with E-state index in [1.807, 2.05) is 68.6 Å². The lowest BCUT2D eigenvalue weighted by Gasteiger charge is -2.25. The number of pyridine rings is 1. The molecule has 0 aliphatic carbocycles. The number of hydrogen-bond donors (Lipinski definition) is 0. The van der Waals surface area contributed by atoms with E-state index in [9.17, 15) is 9.59 Å². The molecule has 0 bridgehead atoms. The van der Waals surface area contributed by atoms with Crippen molar-refractivity contribution >= 4 is 28.6 Å². The van der Waals surface area contributed by atoms with Gasteiger partial charge in [-0.25, -0.2) is 0 Å². The molecule has 5 rings (SSSR count). The van der Waals surface area contributed by atoms with Crippen LogP contribution in [0.1, 0.15) is 44.4 Å². The van der Waals surface area contributed by atoms with Gasteiger partial charge in [0.15, 0.2) is 5.43 Å². The first kappa shape index (κ1) is 20.5. The molecule has 5 nitrogen and oxygen atoms in total. The number of carbonyl (C=O) groups is 1. The lowest BCUT2D eigenvalue weighted by molar-refractivity contribution is 0.0714. The Kier molecular flexibility index (Phi) is 5.10. The number of hydrogen-bond acceptors (Lipinski definition) is 5. The highest BCUT2D eigenvalue weighted by molar-refractivity contribution is 7.98. The summed E-state index contributed by atoms with van der Waals surface area (Å²) in [7, 11) is 0. The smallest absolute Gasteiger partial charge is 0.291 e. The molecule has 0 saturated heterocycles. The Hall–Kier alpha value is -3.38. The Morgan fingerprint density at radius 1 is 1.09 bits per heavy atom. The molecular formula is C26H22N2O3S. The van der Waals surface area contributed by atoms with Gasteiger partial charge in [0, 0.05) is 23.8 Å². The quantitative estimate of drug-likeness (QED) is 0.403. The molecule has 0 spiro atoms. The summed E-state index contributed by atoms with van der Waals surface area (Å²) >= 11 is 1.65. The molecule has 1 unspecified atom stereocenters. The fourth-order valence-corrected chi connectivity index (χ4v) is 4.91. The van der Waals surface area contributed by atoms with Crippen LogP contribution in [0.5, 0.6) is 0 Å². The second-order valence-electron chi connectivity index (χ2n) is 8.10. The minimum absolute atomic E-state index is 0.135. The van der Waals surface area contributed by atoms with Gasteiger partial charge in [-0.15, -0.1) is 11.8 Å². The minimum Gasteiger partial charge on any atom is -0.450 e. The number of aryl methyl sites for hydroxylation is 2. The van der Waals surface area contributed by atoms with Crippen LogP contribution in [0.2, 0.25) is 0 Å². The Morgan fingerprint density at radius 3 is 2.56 bits per heavy atom. The van der Waals surface area contributed by atoms with E-state index < -0.39 is 6.04 Å². The van der Waals surface area contributed by atoms with E-state index in [0.717, 1.165) is 27.1 Å². The number of thioether (sulfide) groups is 1. The highest BCUT2D eigenvalue weighted by Crippen LogP contribution is 2.39. The molecule has 6 heteroatoms. The van der Waals surface area contributed by atoms with Crippen LogP contribution in [0.15, 0.2) is 75.0 Å². The highest BCUT2D eigenvalue weighted by Gasteiger charge is 2.42. The number of carbonyl (C=O) groups excluding carboxylic acids is 1. The van der Waals surface area contributed by atoms with E-state index >= 15 is 0 Å². The Morgan fingerprint density at radius 2 is 1.88 bits per heavy atom. The standard InChI is InChI=1S/C26H22N2O3S/c1-15-11-16(2)21-20(12-15)31-25-22(24(21)29)23(18-6-8-19(32-3)9-7-18)28(26(25)30)14-17-5-4-10-27-13-17/h4-13,23H,14H2,1-3H3. The average Bonchev–Trinajstić information content (AvgIpc) is 3.06. The van der Waals surface area contributed by atoms with Crippen LogP contribution in [0.25, 0.3) is 11.0 Å². The molecule has 32 heavy (non-hydrogen) atoms. The van der Waals surface area contributed by atoms with Crippen LogP contribution >= 0.6 is 11.8 Å². The lowest BCUT2D eigenvalue weighted by atomic mass is 9.97. The van der Waals surface area contributed by atoms with Gasteiger partial charge in [0.1, 0.15) is 5.58 Å². The Balaban J connectivity index is 1.74. The van der Waals surface area contributed by atoms with E-state index in [1.165, 1.54) is 0 Å². The van der Waals surface area contributed by atoms with Gasteiger partial charge in [-0.3, -0.25) is 14.6 Å². The molecule has 0 radical (unpaired) electrons. The van der Waals surface area contributed by atoms with Gasteiger partial charge in [-0.2, -0.15) is 0 Å².